The van der Waals surface area contributed by atoms with Crippen molar-refractivity contribution in [1.29, 1.82) is 0 Å². The molecule has 0 unspecified atom stereocenters. The van der Waals surface area contributed by atoms with Gasteiger partial charge in [-0.15, -0.1) is 10.2 Å². The molecule has 0 radical (unpaired) electrons. The number of aromatic amines is 1. The normalized spacial score (nSPS) is 13.6. The van der Waals surface area contributed by atoms with Gasteiger partial charge in [-0.1, -0.05) is 41.9 Å². The number of carbonyl (C=O) groups excluding carboxylic acids is 1. The molecule has 0 bridgehead atoms. The Morgan fingerprint density at radius 3 is 2.53 bits per heavy atom. The minimum absolute atomic E-state index is 0.0134. The van der Waals surface area contributed by atoms with Crippen molar-refractivity contribution < 1.29 is 13.9 Å². The lowest BCUT2D eigenvalue weighted by molar-refractivity contribution is 0.248. The van der Waals surface area contributed by atoms with Gasteiger partial charge < -0.3 is 15.8 Å². The largest absolute Gasteiger partial charge is 0.434 e. The number of amides is 2. The van der Waals surface area contributed by atoms with Crippen LogP contribution in [-0.2, 0) is 0 Å². The van der Waals surface area contributed by atoms with Crippen LogP contribution in [0.25, 0.3) is 11.1 Å². The van der Waals surface area contributed by atoms with E-state index in [4.69, 9.17) is 33.7 Å². The summed E-state index contributed by atoms with van der Waals surface area (Å²) in [6.45, 7) is 3.57. The zero-order valence-corrected chi connectivity index (χ0v) is 17.5. The molecular weight excluding hydrogens is 462 g/mol. The molecule has 0 aliphatic carbocycles. The summed E-state index contributed by atoms with van der Waals surface area (Å²) in [6.07, 6.45) is 0. The van der Waals surface area contributed by atoms with Gasteiger partial charge in [-0.3, -0.25) is 4.79 Å². The van der Waals surface area contributed by atoms with Gasteiger partial charge in [0.1, 0.15) is 5.82 Å². The van der Waals surface area contributed by atoms with E-state index >= 15 is 0 Å². The highest BCUT2D eigenvalue weighted by Gasteiger charge is 2.25. The summed E-state index contributed by atoms with van der Waals surface area (Å²) in [5.41, 5.74) is 6.02. The number of benzene rings is 2. The number of carbonyl (C=O) groups is 1. The molecule has 1 aromatic heterocycles. The zero-order chi connectivity index (χ0) is 23.0. The maximum Gasteiger partial charge on any atom is 0.347 e. The standard InChI is InChI=1S/C20H13Cl2FN6O3/c1-9-18(24)28-29(20(31)25-9)12-6-14(21)17(15(22)7-12)32-16-8-13(19(30)27-26-16)10-3-2-4-11(23)5-10/h2-8H,1H2,(H2,24,28)(H,25,31)(H,27,30). The molecule has 2 heterocycles. The number of nitrogens with two attached hydrogens (primary N) is 1. The summed E-state index contributed by atoms with van der Waals surface area (Å²) in [5, 5.41) is 13.5. The first kappa shape index (κ1) is 21.3. The van der Waals surface area contributed by atoms with Crippen LogP contribution in [0.3, 0.4) is 0 Å². The van der Waals surface area contributed by atoms with Gasteiger partial charge in [-0.2, -0.15) is 5.01 Å². The van der Waals surface area contributed by atoms with Crippen LogP contribution in [0.15, 0.2) is 64.6 Å². The third-order valence-corrected chi connectivity index (χ3v) is 4.88. The number of urea groups is 1. The molecule has 162 valence electrons. The molecule has 0 saturated carbocycles. The number of halogens is 3. The molecule has 4 rings (SSSR count). The number of rotatable bonds is 4. The topological polar surface area (TPSA) is 126 Å². The Morgan fingerprint density at radius 1 is 1.12 bits per heavy atom. The average Bonchev–Trinajstić information content (AvgIpc) is 2.74. The fourth-order valence-corrected chi connectivity index (χ4v) is 3.37. The number of amidine groups is 1. The van der Waals surface area contributed by atoms with E-state index in [2.05, 4.69) is 27.2 Å². The molecular formula is C20H13Cl2FN6O3. The van der Waals surface area contributed by atoms with Crippen LogP contribution in [0.4, 0.5) is 14.9 Å². The molecule has 2 amide bonds. The molecule has 0 spiro atoms. The van der Waals surface area contributed by atoms with Crippen LogP contribution < -0.4 is 26.4 Å². The summed E-state index contributed by atoms with van der Waals surface area (Å²) < 4.78 is 19.2. The first-order chi connectivity index (χ1) is 15.2. The minimum Gasteiger partial charge on any atom is -0.434 e. The molecule has 3 aromatic rings. The average molecular weight is 475 g/mol. The number of hydrogen-bond donors (Lipinski definition) is 3. The van der Waals surface area contributed by atoms with Gasteiger partial charge in [0, 0.05) is 6.07 Å². The summed E-state index contributed by atoms with van der Waals surface area (Å²) in [6, 6.07) is 8.98. The van der Waals surface area contributed by atoms with Gasteiger partial charge in [0.05, 0.1) is 27.0 Å². The van der Waals surface area contributed by atoms with Gasteiger partial charge in [0.25, 0.3) is 5.56 Å². The van der Waals surface area contributed by atoms with E-state index in [0.717, 1.165) is 5.01 Å². The van der Waals surface area contributed by atoms with Crippen LogP contribution in [0.1, 0.15) is 0 Å². The second-order valence-electron chi connectivity index (χ2n) is 6.51. The molecule has 1 aliphatic rings. The van der Waals surface area contributed by atoms with Crippen molar-refractivity contribution >= 4 is 40.8 Å². The molecule has 12 heteroatoms. The number of H-pyrrole nitrogens is 1. The van der Waals surface area contributed by atoms with E-state index in [0.29, 0.717) is 5.56 Å². The fourth-order valence-electron chi connectivity index (χ4n) is 2.82. The van der Waals surface area contributed by atoms with Crippen molar-refractivity contribution in [2.75, 3.05) is 5.01 Å². The molecule has 0 fully saturated rings. The molecule has 0 atom stereocenters. The number of hydrogen-bond acceptors (Lipinski definition) is 6. The van der Waals surface area contributed by atoms with E-state index < -0.39 is 17.4 Å². The third-order valence-electron chi connectivity index (χ3n) is 4.32. The smallest absolute Gasteiger partial charge is 0.347 e. The number of aromatic nitrogens is 2. The Morgan fingerprint density at radius 2 is 1.84 bits per heavy atom. The van der Waals surface area contributed by atoms with E-state index in [1.807, 2.05) is 0 Å². The van der Waals surface area contributed by atoms with Crippen LogP contribution in [0.5, 0.6) is 11.6 Å². The highest BCUT2D eigenvalue weighted by molar-refractivity contribution is 6.37. The number of hydrazone groups is 1. The Bertz CT molecular complexity index is 1330. The molecule has 0 saturated heterocycles. The van der Waals surface area contributed by atoms with Crippen LogP contribution >= 0.6 is 23.2 Å². The summed E-state index contributed by atoms with van der Waals surface area (Å²) in [4.78, 5) is 24.3. The van der Waals surface area contributed by atoms with Crippen molar-refractivity contribution in [3.05, 3.63) is 81.0 Å². The van der Waals surface area contributed by atoms with E-state index in [9.17, 15) is 14.0 Å². The van der Waals surface area contributed by atoms with Crippen molar-refractivity contribution in [3.8, 4) is 22.8 Å². The second kappa shape index (κ2) is 8.33. The molecule has 1 aliphatic heterocycles. The molecule has 9 nitrogen and oxygen atoms in total. The summed E-state index contributed by atoms with van der Waals surface area (Å²) in [7, 11) is 0. The first-order valence-electron chi connectivity index (χ1n) is 8.90. The maximum absolute atomic E-state index is 13.6. The van der Waals surface area contributed by atoms with Crippen LogP contribution in [0, 0.1) is 5.82 Å². The number of nitrogens with zero attached hydrogens (tertiary/aromatic N) is 3. The quantitative estimate of drug-likeness (QED) is 0.526. The third kappa shape index (κ3) is 4.13. The van der Waals surface area contributed by atoms with Gasteiger partial charge >= 0.3 is 6.03 Å². The number of ether oxygens (including phenoxy) is 1. The van der Waals surface area contributed by atoms with Gasteiger partial charge in [-0.05, 0) is 29.8 Å². The van der Waals surface area contributed by atoms with Crippen molar-refractivity contribution in [1.82, 2.24) is 15.5 Å². The Hall–Kier alpha value is -3.89. The summed E-state index contributed by atoms with van der Waals surface area (Å²) in [5.74, 6) is -0.522. The number of anilines is 1. The highest BCUT2D eigenvalue weighted by atomic mass is 35.5. The lowest BCUT2D eigenvalue weighted by Gasteiger charge is -2.24. The summed E-state index contributed by atoms with van der Waals surface area (Å²) >= 11 is 12.6. The van der Waals surface area contributed by atoms with E-state index in [-0.39, 0.29) is 44.5 Å². The Labute approximate surface area is 189 Å². The monoisotopic (exact) mass is 474 g/mol. The highest BCUT2D eigenvalue weighted by Crippen LogP contribution is 2.40. The zero-order valence-electron chi connectivity index (χ0n) is 16.0. The first-order valence-corrected chi connectivity index (χ1v) is 9.65. The van der Waals surface area contributed by atoms with Crippen molar-refractivity contribution in [2.24, 2.45) is 10.8 Å². The lowest BCUT2D eigenvalue weighted by Crippen LogP contribution is -2.45. The fraction of sp³-hybridized carbons (Fsp3) is 0. The minimum atomic E-state index is -0.605. The second-order valence-corrected chi connectivity index (χ2v) is 7.32. The molecule has 32 heavy (non-hydrogen) atoms. The van der Waals surface area contributed by atoms with E-state index in [1.54, 1.807) is 6.07 Å². The van der Waals surface area contributed by atoms with Crippen molar-refractivity contribution in [2.45, 2.75) is 0 Å². The molecule has 2 aromatic carbocycles. The Balaban J connectivity index is 1.68. The van der Waals surface area contributed by atoms with Crippen LogP contribution in [0.2, 0.25) is 10.0 Å². The van der Waals surface area contributed by atoms with E-state index in [1.165, 1.54) is 36.4 Å². The molecule has 4 N–H and O–H groups in total. The predicted octanol–water partition coefficient (Wildman–Crippen LogP) is 3.99. The van der Waals surface area contributed by atoms with Gasteiger partial charge in [0.15, 0.2) is 11.6 Å². The maximum atomic E-state index is 13.6. The predicted molar refractivity (Wildman–Crippen MR) is 119 cm³/mol. The SMILES string of the molecule is C=C1NC(=O)N(c2cc(Cl)c(Oc3cc(-c4cccc(F)c4)c(=O)[nH]n3)c(Cl)c2)N=C1N. The van der Waals surface area contributed by atoms with Gasteiger partial charge in [-0.25, -0.2) is 14.3 Å². The lowest BCUT2D eigenvalue weighted by atomic mass is 10.1. The van der Waals surface area contributed by atoms with Crippen molar-refractivity contribution in [3.63, 3.8) is 0 Å². The number of nitrogens with one attached hydrogen (secondary N) is 2. The van der Waals surface area contributed by atoms with Crippen LogP contribution in [-0.4, -0.2) is 22.1 Å². The van der Waals surface area contributed by atoms with Gasteiger partial charge in [0.2, 0.25) is 5.88 Å². The Kier molecular flexibility index (Phi) is 5.56.